The molecule has 1 unspecified atom stereocenters. The predicted octanol–water partition coefficient (Wildman–Crippen LogP) is 1.09. The van der Waals surface area contributed by atoms with E-state index in [0.717, 1.165) is 12.8 Å². The van der Waals surface area contributed by atoms with Crippen LogP contribution >= 0.6 is 0 Å². The molecule has 0 heterocycles. The number of hydrogen-bond donors (Lipinski definition) is 2. The number of carbonyl (C=O) groups is 2. The number of carboxylic acids is 1. The number of nitrogens with zero attached hydrogens (tertiary/aromatic N) is 1. The summed E-state index contributed by atoms with van der Waals surface area (Å²) >= 11 is 0. The number of amides is 1. The van der Waals surface area contributed by atoms with Crippen LogP contribution in [0.2, 0.25) is 0 Å². The number of carbonyl (C=O) groups excluding carboxylic acids is 1. The first-order valence-corrected chi connectivity index (χ1v) is 6.30. The Kier molecular flexibility index (Phi) is 8.40. The lowest BCUT2D eigenvalue weighted by Gasteiger charge is -2.20. The zero-order chi connectivity index (χ0) is 13.3. The van der Waals surface area contributed by atoms with Crippen LogP contribution in [0, 0.1) is 0 Å². The standard InChI is InChI=1S/C12H24N2O3/c1-4-7-8-10(12(16)17)13-9-11(15)14(5-2)6-3/h10,13H,4-9H2,1-3H3,(H,16,17). The van der Waals surface area contributed by atoms with Gasteiger partial charge in [0.1, 0.15) is 6.04 Å². The second-order valence-corrected chi connectivity index (χ2v) is 3.98. The number of rotatable bonds is 9. The summed E-state index contributed by atoms with van der Waals surface area (Å²) in [5.74, 6) is -0.927. The highest BCUT2D eigenvalue weighted by atomic mass is 16.4. The lowest BCUT2D eigenvalue weighted by Crippen LogP contribution is -2.44. The van der Waals surface area contributed by atoms with Crippen molar-refractivity contribution in [3.63, 3.8) is 0 Å². The molecule has 17 heavy (non-hydrogen) atoms. The first-order chi connectivity index (χ1) is 8.06. The molecule has 2 N–H and O–H groups in total. The molecule has 0 aromatic heterocycles. The Morgan fingerprint density at radius 3 is 2.24 bits per heavy atom. The molecule has 0 aromatic rings. The van der Waals surface area contributed by atoms with Gasteiger partial charge in [0.25, 0.3) is 0 Å². The molecule has 0 aliphatic carbocycles. The van der Waals surface area contributed by atoms with Crippen LogP contribution in [0.15, 0.2) is 0 Å². The summed E-state index contributed by atoms with van der Waals surface area (Å²) in [5.41, 5.74) is 0. The van der Waals surface area contributed by atoms with Gasteiger partial charge in [-0.15, -0.1) is 0 Å². The van der Waals surface area contributed by atoms with Crippen molar-refractivity contribution in [3.05, 3.63) is 0 Å². The summed E-state index contributed by atoms with van der Waals surface area (Å²) in [6.07, 6.45) is 2.37. The van der Waals surface area contributed by atoms with Crippen molar-refractivity contribution < 1.29 is 14.7 Å². The zero-order valence-corrected chi connectivity index (χ0v) is 11.0. The summed E-state index contributed by atoms with van der Waals surface area (Å²) in [6, 6.07) is -0.616. The normalized spacial score (nSPS) is 12.2. The van der Waals surface area contributed by atoms with Crippen molar-refractivity contribution in [1.82, 2.24) is 10.2 Å². The van der Waals surface area contributed by atoms with Gasteiger partial charge in [0.05, 0.1) is 6.54 Å². The Morgan fingerprint density at radius 1 is 1.24 bits per heavy atom. The summed E-state index contributed by atoms with van der Waals surface area (Å²) < 4.78 is 0. The highest BCUT2D eigenvalue weighted by Crippen LogP contribution is 2.01. The van der Waals surface area contributed by atoms with E-state index < -0.39 is 12.0 Å². The van der Waals surface area contributed by atoms with Crippen LogP contribution in [0.25, 0.3) is 0 Å². The van der Waals surface area contributed by atoms with Crippen molar-refractivity contribution in [1.29, 1.82) is 0 Å². The van der Waals surface area contributed by atoms with Gasteiger partial charge in [0.15, 0.2) is 0 Å². The Bertz CT molecular complexity index is 240. The molecule has 1 amide bonds. The average molecular weight is 244 g/mol. The number of hydrogen-bond acceptors (Lipinski definition) is 3. The van der Waals surface area contributed by atoms with Crippen molar-refractivity contribution in [2.24, 2.45) is 0 Å². The maximum atomic E-state index is 11.7. The third kappa shape index (κ3) is 6.26. The molecule has 0 aromatic carbocycles. The number of likely N-dealkylation sites (N-methyl/N-ethyl adjacent to an activating group) is 1. The highest BCUT2D eigenvalue weighted by molar-refractivity contribution is 5.80. The largest absolute Gasteiger partial charge is 0.480 e. The van der Waals surface area contributed by atoms with Crippen molar-refractivity contribution in [3.8, 4) is 0 Å². The highest BCUT2D eigenvalue weighted by Gasteiger charge is 2.18. The minimum Gasteiger partial charge on any atom is -0.480 e. The summed E-state index contributed by atoms with van der Waals surface area (Å²) in [7, 11) is 0. The Morgan fingerprint density at radius 2 is 1.82 bits per heavy atom. The first-order valence-electron chi connectivity index (χ1n) is 6.30. The van der Waals surface area contributed by atoms with Crippen LogP contribution in [-0.2, 0) is 9.59 Å². The fourth-order valence-corrected chi connectivity index (χ4v) is 1.62. The Hall–Kier alpha value is -1.10. The number of carboxylic acid groups (broad SMARTS) is 1. The van der Waals surface area contributed by atoms with Gasteiger partial charge in [0, 0.05) is 13.1 Å². The minimum absolute atomic E-state index is 0.0438. The van der Waals surface area contributed by atoms with Gasteiger partial charge in [-0.2, -0.15) is 0 Å². The van der Waals surface area contributed by atoms with Gasteiger partial charge in [-0.25, -0.2) is 0 Å². The molecule has 0 radical (unpaired) electrons. The maximum Gasteiger partial charge on any atom is 0.320 e. The second-order valence-electron chi connectivity index (χ2n) is 3.98. The second kappa shape index (κ2) is 8.98. The third-order valence-electron chi connectivity index (χ3n) is 2.76. The van der Waals surface area contributed by atoms with Crippen molar-refractivity contribution in [2.45, 2.75) is 46.1 Å². The third-order valence-corrected chi connectivity index (χ3v) is 2.76. The lowest BCUT2D eigenvalue weighted by molar-refractivity contribution is -0.140. The van der Waals surface area contributed by atoms with E-state index >= 15 is 0 Å². The molecule has 0 bridgehead atoms. The molecule has 0 rings (SSSR count). The van der Waals surface area contributed by atoms with Crippen LogP contribution in [0.4, 0.5) is 0 Å². The monoisotopic (exact) mass is 244 g/mol. The van der Waals surface area contributed by atoms with E-state index in [4.69, 9.17) is 5.11 Å². The molecule has 0 saturated carbocycles. The molecule has 5 heteroatoms. The van der Waals surface area contributed by atoms with E-state index in [-0.39, 0.29) is 12.5 Å². The fourth-order valence-electron chi connectivity index (χ4n) is 1.62. The molecular formula is C12H24N2O3. The van der Waals surface area contributed by atoms with Crippen LogP contribution in [0.5, 0.6) is 0 Å². The van der Waals surface area contributed by atoms with Gasteiger partial charge in [-0.3, -0.25) is 14.9 Å². The minimum atomic E-state index is -0.884. The zero-order valence-electron chi connectivity index (χ0n) is 11.0. The van der Waals surface area contributed by atoms with E-state index in [9.17, 15) is 9.59 Å². The van der Waals surface area contributed by atoms with Crippen LogP contribution in [0.3, 0.4) is 0 Å². The van der Waals surface area contributed by atoms with E-state index in [1.165, 1.54) is 0 Å². The van der Waals surface area contributed by atoms with Crippen LogP contribution in [-0.4, -0.2) is 47.6 Å². The van der Waals surface area contributed by atoms with Crippen molar-refractivity contribution in [2.75, 3.05) is 19.6 Å². The topological polar surface area (TPSA) is 69.6 Å². The van der Waals surface area contributed by atoms with Crippen LogP contribution in [0.1, 0.15) is 40.0 Å². The number of nitrogens with one attached hydrogen (secondary N) is 1. The fraction of sp³-hybridized carbons (Fsp3) is 0.833. The molecule has 0 aliphatic rings. The van der Waals surface area contributed by atoms with E-state index in [1.54, 1.807) is 4.90 Å². The first kappa shape index (κ1) is 15.9. The van der Waals surface area contributed by atoms with Gasteiger partial charge in [-0.05, 0) is 20.3 Å². The molecule has 0 aliphatic heterocycles. The molecule has 0 spiro atoms. The lowest BCUT2D eigenvalue weighted by atomic mass is 10.1. The average Bonchev–Trinajstić information content (AvgIpc) is 2.30. The molecule has 0 saturated heterocycles. The van der Waals surface area contributed by atoms with E-state index in [0.29, 0.717) is 19.5 Å². The van der Waals surface area contributed by atoms with Crippen molar-refractivity contribution >= 4 is 11.9 Å². The van der Waals surface area contributed by atoms with Gasteiger partial charge >= 0.3 is 5.97 Å². The SMILES string of the molecule is CCCCC(NCC(=O)N(CC)CC)C(=O)O. The van der Waals surface area contributed by atoms with Crippen LogP contribution < -0.4 is 5.32 Å². The summed E-state index contributed by atoms with van der Waals surface area (Å²) in [4.78, 5) is 24.3. The van der Waals surface area contributed by atoms with E-state index in [2.05, 4.69) is 5.32 Å². The predicted molar refractivity (Wildman–Crippen MR) is 66.9 cm³/mol. The molecular weight excluding hydrogens is 220 g/mol. The van der Waals surface area contributed by atoms with E-state index in [1.807, 2.05) is 20.8 Å². The Balaban J connectivity index is 4.11. The molecule has 5 nitrogen and oxygen atoms in total. The Labute approximate surface area is 103 Å². The summed E-state index contributed by atoms with van der Waals surface area (Å²) in [5, 5.41) is 11.8. The number of aliphatic carboxylic acids is 1. The molecule has 100 valence electrons. The quantitative estimate of drug-likeness (QED) is 0.637. The smallest absolute Gasteiger partial charge is 0.320 e. The van der Waals surface area contributed by atoms with Gasteiger partial charge < -0.3 is 10.0 Å². The van der Waals surface area contributed by atoms with Gasteiger partial charge in [0.2, 0.25) is 5.91 Å². The molecule has 1 atom stereocenters. The number of unbranched alkanes of at least 4 members (excludes halogenated alkanes) is 1. The summed E-state index contributed by atoms with van der Waals surface area (Å²) in [6.45, 7) is 7.25. The molecule has 0 fully saturated rings. The maximum absolute atomic E-state index is 11.7. The van der Waals surface area contributed by atoms with Gasteiger partial charge in [-0.1, -0.05) is 19.8 Å².